The number of hydrogen-bond acceptors (Lipinski definition) is 4. The molecule has 0 spiro atoms. The SMILES string of the molecule is COC(=O)C(C)(C)c1ccc(N2CCC(C(N)=O)CC2)cc1. The first kappa shape index (κ1) is 16.3. The molecule has 2 N–H and O–H groups in total. The van der Waals surface area contributed by atoms with E-state index in [1.165, 1.54) is 7.11 Å². The van der Waals surface area contributed by atoms with Crippen LogP contribution in [0.15, 0.2) is 24.3 Å². The molecule has 2 rings (SSSR count). The highest BCUT2D eigenvalue weighted by molar-refractivity contribution is 5.82. The molecule has 1 heterocycles. The zero-order valence-corrected chi connectivity index (χ0v) is 13.5. The Morgan fingerprint density at radius 1 is 1.18 bits per heavy atom. The zero-order valence-electron chi connectivity index (χ0n) is 13.5. The number of carbonyl (C=O) groups excluding carboxylic acids is 2. The first-order valence-electron chi connectivity index (χ1n) is 7.59. The lowest BCUT2D eigenvalue weighted by molar-refractivity contribution is -0.146. The van der Waals surface area contributed by atoms with Crippen LogP contribution >= 0.6 is 0 Å². The lowest BCUT2D eigenvalue weighted by atomic mass is 9.84. The van der Waals surface area contributed by atoms with Gasteiger partial charge < -0.3 is 15.4 Å². The van der Waals surface area contributed by atoms with E-state index in [1.54, 1.807) is 0 Å². The molecule has 1 aromatic rings. The van der Waals surface area contributed by atoms with Gasteiger partial charge in [0.05, 0.1) is 12.5 Å². The maximum Gasteiger partial charge on any atom is 0.315 e. The highest BCUT2D eigenvalue weighted by Crippen LogP contribution is 2.28. The summed E-state index contributed by atoms with van der Waals surface area (Å²) in [5.41, 5.74) is 6.73. The second-order valence-corrected chi connectivity index (χ2v) is 6.33. The van der Waals surface area contributed by atoms with Crippen molar-refractivity contribution in [2.75, 3.05) is 25.1 Å². The highest BCUT2D eigenvalue weighted by Gasteiger charge is 2.31. The zero-order chi connectivity index (χ0) is 16.3. The molecule has 0 unspecified atom stereocenters. The van der Waals surface area contributed by atoms with E-state index in [1.807, 2.05) is 38.1 Å². The lowest BCUT2D eigenvalue weighted by Gasteiger charge is -2.32. The number of anilines is 1. The van der Waals surface area contributed by atoms with Gasteiger partial charge >= 0.3 is 5.97 Å². The third kappa shape index (κ3) is 3.24. The van der Waals surface area contributed by atoms with E-state index in [2.05, 4.69) is 4.90 Å². The quantitative estimate of drug-likeness (QED) is 0.862. The van der Waals surface area contributed by atoms with Gasteiger partial charge in [-0.1, -0.05) is 12.1 Å². The van der Waals surface area contributed by atoms with Crippen LogP contribution in [0.4, 0.5) is 5.69 Å². The summed E-state index contributed by atoms with van der Waals surface area (Å²) in [7, 11) is 1.40. The number of amides is 1. The monoisotopic (exact) mass is 304 g/mol. The molecule has 1 aliphatic rings. The molecule has 5 heteroatoms. The molecule has 0 aromatic heterocycles. The molecule has 22 heavy (non-hydrogen) atoms. The maximum absolute atomic E-state index is 11.8. The molecule has 1 aromatic carbocycles. The molecule has 1 saturated heterocycles. The lowest BCUT2D eigenvalue weighted by Crippen LogP contribution is -2.38. The number of ether oxygens (including phenoxy) is 1. The molecular formula is C17H24N2O3. The number of piperidine rings is 1. The number of rotatable bonds is 4. The number of nitrogens with two attached hydrogens (primary N) is 1. The van der Waals surface area contributed by atoms with E-state index in [0.29, 0.717) is 0 Å². The minimum atomic E-state index is -0.660. The van der Waals surface area contributed by atoms with Crippen molar-refractivity contribution in [3.63, 3.8) is 0 Å². The Kier molecular flexibility index (Phi) is 4.74. The summed E-state index contributed by atoms with van der Waals surface area (Å²) in [6.07, 6.45) is 1.59. The van der Waals surface area contributed by atoms with Crippen molar-refractivity contribution in [3.8, 4) is 0 Å². The van der Waals surface area contributed by atoms with Crippen LogP contribution < -0.4 is 10.6 Å². The topological polar surface area (TPSA) is 72.6 Å². The predicted octanol–water partition coefficient (Wildman–Crippen LogP) is 1.84. The van der Waals surface area contributed by atoms with Gasteiger partial charge in [-0.3, -0.25) is 9.59 Å². The molecule has 0 aliphatic carbocycles. The average molecular weight is 304 g/mol. The standard InChI is InChI=1S/C17H24N2O3/c1-17(2,16(21)22-3)13-4-6-14(7-5-13)19-10-8-12(9-11-19)15(18)20/h4-7,12H,8-11H2,1-3H3,(H2,18,20). The number of methoxy groups -OCH3 is 1. The van der Waals surface area contributed by atoms with Gasteiger partial charge in [0.15, 0.2) is 0 Å². The third-order valence-corrected chi connectivity index (χ3v) is 4.55. The van der Waals surface area contributed by atoms with Crippen molar-refractivity contribution in [2.45, 2.75) is 32.1 Å². The Hall–Kier alpha value is -2.04. The van der Waals surface area contributed by atoms with Gasteiger partial charge in [-0.25, -0.2) is 0 Å². The molecule has 1 aliphatic heterocycles. The second-order valence-electron chi connectivity index (χ2n) is 6.33. The summed E-state index contributed by atoms with van der Waals surface area (Å²) >= 11 is 0. The van der Waals surface area contributed by atoms with Gasteiger partial charge in [0.2, 0.25) is 5.91 Å². The molecule has 120 valence electrons. The van der Waals surface area contributed by atoms with Gasteiger partial charge in [-0.15, -0.1) is 0 Å². The van der Waals surface area contributed by atoms with Gasteiger partial charge in [-0.05, 0) is 44.4 Å². The first-order chi connectivity index (χ1) is 10.4. The van der Waals surface area contributed by atoms with Gasteiger partial charge in [-0.2, -0.15) is 0 Å². The first-order valence-corrected chi connectivity index (χ1v) is 7.59. The Morgan fingerprint density at radius 3 is 2.18 bits per heavy atom. The Labute approximate surface area is 131 Å². The van der Waals surface area contributed by atoms with Crippen LogP contribution in [-0.4, -0.2) is 32.1 Å². The molecule has 0 bridgehead atoms. The maximum atomic E-state index is 11.8. The van der Waals surface area contributed by atoms with E-state index in [9.17, 15) is 9.59 Å². The minimum absolute atomic E-state index is 0.00576. The third-order valence-electron chi connectivity index (χ3n) is 4.55. The molecule has 1 amide bonds. The van der Waals surface area contributed by atoms with Crippen molar-refractivity contribution < 1.29 is 14.3 Å². The van der Waals surface area contributed by atoms with E-state index in [-0.39, 0.29) is 17.8 Å². The van der Waals surface area contributed by atoms with Crippen LogP contribution in [0.1, 0.15) is 32.3 Å². The number of esters is 1. The van der Waals surface area contributed by atoms with Gasteiger partial charge in [0.1, 0.15) is 0 Å². The molecule has 5 nitrogen and oxygen atoms in total. The summed E-state index contributed by atoms with van der Waals surface area (Å²) in [6.45, 7) is 5.36. The number of benzene rings is 1. The van der Waals surface area contributed by atoms with Gasteiger partial charge in [0.25, 0.3) is 0 Å². The van der Waals surface area contributed by atoms with Crippen LogP contribution in [-0.2, 0) is 19.7 Å². The summed E-state index contributed by atoms with van der Waals surface area (Å²) in [6, 6.07) is 7.97. The number of nitrogens with zero attached hydrogens (tertiary/aromatic N) is 1. The largest absolute Gasteiger partial charge is 0.468 e. The number of carbonyl (C=O) groups is 2. The van der Waals surface area contributed by atoms with Crippen LogP contribution in [0, 0.1) is 5.92 Å². The highest BCUT2D eigenvalue weighted by atomic mass is 16.5. The smallest absolute Gasteiger partial charge is 0.315 e. The average Bonchev–Trinajstić information content (AvgIpc) is 2.54. The Morgan fingerprint density at radius 2 is 1.73 bits per heavy atom. The molecule has 0 radical (unpaired) electrons. The van der Waals surface area contributed by atoms with Crippen molar-refractivity contribution >= 4 is 17.6 Å². The summed E-state index contributed by atoms with van der Waals surface area (Å²) in [5, 5.41) is 0. The fourth-order valence-corrected chi connectivity index (χ4v) is 2.88. The van der Waals surface area contributed by atoms with Crippen LogP contribution in [0.5, 0.6) is 0 Å². The fourth-order valence-electron chi connectivity index (χ4n) is 2.88. The molecular weight excluding hydrogens is 280 g/mol. The van der Waals surface area contributed by atoms with E-state index in [0.717, 1.165) is 37.2 Å². The van der Waals surface area contributed by atoms with Crippen molar-refractivity contribution in [1.29, 1.82) is 0 Å². The molecule has 0 saturated carbocycles. The summed E-state index contributed by atoms with van der Waals surface area (Å²) in [4.78, 5) is 25.3. The Balaban J connectivity index is 2.07. The normalized spacial score (nSPS) is 16.4. The van der Waals surface area contributed by atoms with E-state index in [4.69, 9.17) is 10.5 Å². The van der Waals surface area contributed by atoms with Crippen molar-refractivity contribution in [3.05, 3.63) is 29.8 Å². The van der Waals surface area contributed by atoms with Crippen LogP contribution in [0.2, 0.25) is 0 Å². The Bertz CT molecular complexity index is 544. The van der Waals surface area contributed by atoms with Crippen LogP contribution in [0.25, 0.3) is 0 Å². The fraction of sp³-hybridized carbons (Fsp3) is 0.529. The van der Waals surface area contributed by atoms with E-state index >= 15 is 0 Å². The van der Waals surface area contributed by atoms with Crippen molar-refractivity contribution in [1.82, 2.24) is 0 Å². The van der Waals surface area contributed by atoms with E-state index < -0.39 is 5.41 Å². The summed E-state index contributed by atoms with van der Waals surface area (Å²) < 4.78 is 4.86. The molecule has 1 fully saturated rings. The molecule has 0 atom stereocenters. The number of primary amides is 1. The van der Waals surface area contributed by atoms with Gasteiger partial charge in [0, 0.05) is 24.7 Å². The second kappa shape index (κ2) is 6.38. The minimum Gasteiger partial charge on any atom is -0.468 e. The predicted molar refractivity (Wildman–Crippen MR) is 85.6 cm³/mol. The van der Waals surface area contributed by atoms with Crippen LogP contribution in [0.3, 0.4) is 0 Å². The summed E-state index contributed by atoms with van der Waals surface area (Å²) in [5.74, 6) is -0.453. The van der Waals surface area contributed by atoms with Crippen molar-refractivity contribution in [2.24, 2.45) is 11.7 Å². The number of hydrogen-bond donors (Lipinski definition) is 1.